The molecule has 0 aliphatic carbocycles. The van der Waals surface area contributed by atoms with Gasteiger partial charge < -0.3 is 9.67 Å². The summed E-state index contributed by atoms with van der Waals surface area (Å²) in [5, 5.41) is 9.05. The van der Waals surface area contributed by atoms with Crippen LogP contribution < -0.4 is 0 Å². The number of nitrogens with zero attached hydrogens (tertiary/aromatic N) is 2. The van der Waals surface area contributed by atoms with Crippen molar-refractivity contribution in [3.05, 3.63) is 39.8 Å². The first-order chi connectivity index (χ1) is 8.54. The number of halogens is 1. The Bertz CT molecular complexity index is 575. The van der Waals surface area contributed by atoms with Gasteiger partial charge in [-0.2, -0.15) is 0 Å². The van der Waals surface area contributed by atoms with Crippen molar-refractivity contribution in [2.75, 3.05) is 6.61 Å². The normalized spacial score (nSPS) is 10.9. The van der Waals surface area contributed by atoms with Gasteiger partial charge in [0.2, 0.25) is 0 Å². The van der Waals surface area contributed by atoms with Crippen LogP contribution in [-0.2, 0) is 13.5 Å². The highest BCUT2D eigenvalue weighted by Crippen LogP contribution is 2.29. The third-order valence-corrected chi connectivity index (χ3v) is 3.65. The molecule has 0 fully saturated rings. The first-order valence-electron chi connectivity index (χ1n) is 5.94. The van der Waals surface area contributed by atoms with Gasteiger partial charge in [0.1, 0.15) is 5.82 Å². The summed E-state index contributed by atoms with van der Waals surface area (Å²) < 4.78 is 3.13. The Morgan fingerprint density at radius 3 is 2.72 bits per heavy atom. The molecular formula is C14H17BrN2O. The summed E-state index contributed by atoms with van der Waals surface area (Å²) in [5.41, 5.74) is 4.53. The molecule has 1 N–H and O–H groups in total. The standard InChI is InChI=1S/C14H17BrN2O/c1-9-4-5-11(15)8-12(9)14-10(2)16-13(6-7-18)17(14)3/h4-5,8,18H,6-7H2,1-3H3. The topological polar surface area (TPSA) is 38.1 Å². The van der Waals surface area contributed by atoms with E-state index in [-0.39, 0.29) is 6.61 Å². The quantitative estimate of drug-likeness (QED) is 0.946. The third-order valence-electron chi connectivity index (χ3n) is 3.15. The number of imidazole rings is 1. The molecule has 0 saturated heterocycles. The van der Waals surface area contributed by atoms with Crippen LogP contribution in [0.5, 0.6) is 0 Å². The molecule has 0 unspecified atom stereocenters. The second-order valence-corrected chi connectivity index (χ2v) is 5.37. The predicted octanol–water partition coefficient (Wildman–Crippen LogP) is 3.00. The molecule has 2 aromatic rings. The maximum atomic E-state index is 9.05. The van der Waals surface area contributed by atoms with Crippen LogP contribution in [0.1, 0.15) is 17.1 Å². The van der Waals surface area contributed by atoms with Gasteiger partial charge in [-0.15, -0.1) is 0 Å². The molecule has 0 radical (unpaired) electrons. The van der Waals surface area contributed by atoms with Crippen molar-refractivity contribution >= 4 is 15.9 Å². The Morgan fingerprint density at radius 2 is 2.06 bits per heavy atom. The number of hydrogen-bond acceptors (Lipinski definition) is 2. The molecule has 1 heterocycles. The molecule has 0 aliphatic rings. The summed E-state index contributed by atoms with van der Waals surface area (Å²) in [6.45, 7) is 4.23. The minimum atomic E-state index is 0.126. The SMILES string of the molecule is Cc1ccc(Br)cc1-c1c(C)nc(CCO)n1C. The van der Waals surface area contributed by atoms with E-state index in [9.17, 15) is 0 Å². The monoisotopic (exact) mass is 308 g/mol. The van der Waals surface area contributed by atoms with Crippen LogP contribution >= 0.6 is 15.9 Å². The average molecular weight is 309 g/mol. The largest absolute Gasteiger partial charge is 0.396 e. The Labute approximate surface area is 116 Å². The van der Waals surface area contributed by atoms with Gasteiger partial charge in [-0.1, -0.05) is 22.0 Å². The van der Waals surface area contributed by atoms with Gasteiger partial charge in [0.05, 0.1) is 18.0 Å². The van der Waals surface area contributed by atoms with E-state index in [0.29, 0.717) is 6.42 Å². The van der Waals surface area contributed by atoms with Crippen LogP contribution in [-0.4, -0.2) is 21.3 Å². The van der Waals surface area contributed by atoms with Crippen molar-refractivity contribution in [2.24, 2.45) is 7.05 Å². The molecule has 18 heavy (non-hydrogen) atoms. The first kappa shape index (κ1) is 13.3. The molecule has 0 spiro atoms. The highest BCUT2D eigenvalue weighted by atomic mass is 79.9. The zero-order valence-electron chi connectivity index (χ0n) is 10.9. The Morgan fingerprint density at radius 1 is 1.33 bits per heavy atom. The lowest BCUT2D eigenvalue weighted by molar-refractivity contribution is 0.295. The van der Waals surface area contributed by atoms with Gasteiger partial charge in [-0.25, -0.2) is 4.98 Å². The molecule has 1 aromatic heterocycles. The van der Waals surface area contributed by atoms with Crippen LogP contribution in [0.3, 0.4) is 0 Å². The van der Waals surface area contributed by atoms with Gasteiger partial charge in [0, 0.05) is 23.5 Å². The van der Waals surface area contributed by atoms with Gasteiger partial charge >= 0.3 is 0 Å². The van der Waals surface area contributed by atoms with E-state index in [1.165, 1.54) is 11.1 Å². The summed E-state index contributed by atoms with van der Waals surface area (Å²) in [5.74, 6) is 0.921. The van der Waals surface area contributed by atoms with Gasteiger partial charge in [-0.05, 0) is 31.5 Å². The predicted molar refractivity (Wildman–Crippen MR) is 76.6 cm³/mol. The van der Waals surface area contributed by atoms with Crippen molar-refractivity contribution in [3.8, 4) is 11.3 Å². The zero-order valence-corrected chi connectivity index (χ0v) is 12.5. The number of aliphatic hydroxyl groups excluding tert-OH is 1. The highest BCUT2D eigenvalue weighted by molar-refractivity contribution is 9.10. The number of rotatable bonds is 3. The fraction of sp³-hybridized carbons (Fsp3) is 0.357. The van der Waals surface area contributed by atoms with Crippen molar-refractivity contribution in [1.82, 2.24) is 9.55 Å². The molecule has 0 saturated carbocycles. The molecule has 96 valence electrons. The zero-order chi connectivity index (χ0) is 13.3. The molecule has 0 bridgehead atoms. The molecule has 0 atom stereocenters. The summed E-state index contributed by atoms with van der Waals surface area (Å²) in [6, 6.07) is 6.25. The van der Waals surface area contributed by atoms with Crippen molar-refractivity contribution in [3.63, 3.8) is 0 Å². The van der Waals surface area contributed by atoms with Crippen LogP contribution in [0.15, 0.2) is 22.7 Å². The molecular weight excluding hydrogens is 292 g/mol. The van der Waals surface area contributed by atoms with E-state index in [2.05, 4.69) is 44.5 Å². The van der Waals surface area contributed by atoms with E-state index in [1.807, 2.05) is 20.0 Å². The molecule has 3 nitrogen and oxygen atoms in total. The minimum Gasteiger partial charge on any atom is -0.396 e. The van der Waals surface area contributed by atoms with E-state index in [1.54, 1.807) is 0 Å². The van der Waals surface area contributed by atoms with Crippen LogP contribution in [0.2, 0.25) is 0 Å². The van der Waals surface area contributed by atoms with Crippen molar-refractivity contribution < 1.29 is 5.11 Å². The number of aromatic nitrogens is 2. The van der Waals surface area contributed by atoms with Crippen molar-refractivity contribution in [2.45, 2.75) is 20.3 Å². The summed E-state index contributed by atoms with van der Waals surface area (Å²) in [6.07, 6.45) is 0.588. The lowest BCUT2D eigenvalue weighted by Crippen LogP contribution is -2.02. The van der Waals surface area contributed by atoms with E-state index in [0.717, 1.165) is 21.7 Å². The molecule has 4 heteroatoms. The Hall–Kier alpha value is -1.13. The molecule has 0 aliphatic heterocycles. The molecule has 1 aromatic carbocycles. The summed E-state index contributed by atoms with van der Waals surface area (Å²) >= 11 is 3.51. The first-order valence-corrected chi connectivity index (χ1v) is 6.73. The fourth-order valence-corrected chi connectivity index (χ4v) is 2.60. The highest BCUT2D eigenvalue weighted by Gasteiger charge is 2.14. The van der Waals surface area contributed by atoms with Crippen LogP contribution in [0.4, 0.5) is 0 Å². The van der Waals surface area contributed by atoms with Gasteiger partial charge in [0.25, 0.3) is 0 Å². The second-order valence-electron chi connectivity index (χ2n) is 4.45. The Kier molecular flexibility index (Phi) is 3.88. The van der Waals surface area contributed by atoms with Crippen molar-refractivity contribution in [1.29, 1.82) is 0 Å². The smallest absolute Gasteiger partial charge is 0.111 e. The maximum Gasteiger partial charge on any atom is 0.111 e. The van der Waals surface area contributed by atoms with Gasteiger partial charge in [0.15, 0.2) is 0 Å². The molecule has 0 amide bonds. The van der Waals surface area contributed by atoms with E-state index < -0.39 is 0 Å². The van der Waals surface area contributed by atoms with E-state index >= 15 is 0 Å². The number of aliphatic hydroxyl groups is 1. The van der Waals surface area contributed by atoms with E-state index in [4.69, 9.17) is 5.11 Å². The lowest BCUT2D eigenvalue weighted by Gasteiger charge is -2.10. The summed E-state index contributed by atoms with van der Waals surface area (Å²) in [7, 11) is 2.00. The minimum absolute atomic E-state index is 0.126. The van der Waals surface area contributed by atoms with Gasteiger partial charge in [-0.3, -0.25) is 0 Å². The lowest BCUT2D eigenvalue weighted by atomic mass is 10.0. The number of aryl methyl sites for hydroxylation is 2. The van der Waals surface area contributed by atoms with Crippen LogP contribution in [0.25, 0.3) is 11.3 Å². The number of hydrogen-bond donors (Lipinski definition) is 1. The molecule has 2 rings (SSSR count). The fourth-order valence-electron chi connectivity index (χ4n) is 2.24. The Balaban J connectivity index is 2.60. The average Bonchev–Trinajstić information content (AvgIpc) is 2.59. The summed E-state index contributed by atoms with van der Waals surface area (Å²) in [4.78, 5) is 4.53. The second kappa shape index (κ2) is 5.24. The third kappa shape index (κ3) is 2.35. The number of benzene rings is 1. The van der Waals surface area contributed by atoms with Crippen LogP contribution in [0, 0.1) is 13.8 Å². The maximum absolute atomic E-state index is 9.05.